The lowest BCUT2D eigenvalue weighted by Crippen LogP contribution is -2.07. The number of ketones is 1. The summed E-state index contributed by atoms with van der Waals surface area (Å²) in [6.07, 6.45) is 1.68. The Labute approximate surface area is 84.9 Å². The van der Waals surface area contributed by atoms with Gasteiger partial charge in [0.05, 0.1) is 12.7 Å². The predicted octanol–water partition coefficient (Wildman–Crippen LogP) is 1.90. The van der Waals surface area contributed by atoms with Crippen molar-refractivity contribution >= 4 is 5.78 Å². The van der Waals surface area contributed by atoms with Crippen LogP contribution in [0.3, 0.4) is 0 Å². The molecule has 1 rings (SSSR count). The Kier molecular flexibility index (Phi) is 4.34. The van der Waals surface area contributed by atoms with Crippen LogP contribution in [0.1, 0.15) is 31.6 Å². The van der Waals surface area contributed by atoms with Crippen molar-refractivity contribution in [2.75, 3.05) is 7.11 Å². The van der Waals surface area contributed by atoms with E-state index < -0.39 is 0 Å². The first kappa shape index (κ1) is 12.7. The van der Waals surface area contributed by atoms with E-state index in [-0.39, 0.29) is 19.1 Å². The highest BCUT2D eigenvalue weighted by molar-refractivity contribution is 5.99. The van der Waals surface area contributed by atoms with Crippen molar-refractivity contribution in [3.8, 4) is 5.88 Å². The predicted molar refractivity (Wildman–Crippen MR) is 55.7 cm³/mol. The van der Waals surface area contributed by atoms with Gasteiger partial charge in [-0.2, -0.15) is 0 Å². The van der Waals surface area contributed by atoms with Crippen molar-refractivity contribution in [1.29, 1.82) is 0 Å². The van der Waals surface area contributed by atoms with Gasteiger partial charge in [0.25, 0.3) is 0 Å². The molecule has 4 nitrogen and oxygen atoms in total. The van der Waals surface area contributed by atoms with Gasteiger partial charge in [-0.3, -0.25) is 9.48 Å². The summed E-state index contributed by atoms with van der Waals surface area (Å²) < 4.78 is 6.56. The average molecular weight is 198 g/mol. The van der Waals surface area contributed by atoms with Crippen molar-refractivity contribution < 1.29 is 9.53 Å². The van der Waals surface area contributed by atoms with E-state index in [4.69, 9.17) is 4.74 Å². The molecule has 0 aliphatic rings. The molecule has 0 aliphatic carbocycles. The molecule has 0 fully saturated rings. The maximum Gasteiger partial charge on any atom is 0.243 e. The van der Waals surface area contributed by atoms with Crippen molar-refractivity contribution in [2.24, 2.45) is 13.0 Å². The molecule has 0 amide bonds. The molecular formula is C10H18N2O2. The molecule has 0 saturated carbocycles. The number of rotatable bonds is 3. The Balaban J connectivity index is 0.00000169. The van der Waals surface area contributed by atoms with E-state index in [9.17, 15) is 4.79 Å². The molecule has 1 heterocycles. The zero-order chi connectivity index (χ0) is 10.0. The minimum atomic E-state index is -0.0295. The number of aryl methyl sites for hydroxylation is 1. The van der Waals surface area contributed by atoms with Gasteiger partial charge in [0, 0.05) is 19.2 Å². The molecule has 0 spiro atoms. The summed E-state index contributed by atoms with van der Waals surface area (Å²) in [6, 6.07) is 0. The van der Waals surface area contributed by atoms with Gasteiger partial charge < -0.3 is 4.74 Å². The smallest absolute Gasteiger partial charge is 0.243 e. The second-order valence-corrected chi connectivity index (χ2v) is 3.24. The first-order valence-corrected chi connectivity index (χ1v) is 4.18. The fourth-order valence-electron chi connectivity index (χ4n) is 1.10. The van der Waals surface area contributed by atoms with Gasteiger partial charge in [-0.05, 0) is 0 Å². The number of hydrogen-bond acceptors (Lipinski definition) is 3. The molecule has 1 aromatic rings. The molecule has 4 heteroatoms. The molecule has 0 radical (unpaired) electrons. The van der Waals surface area contributed by atoms with Gasteiger partial charge in [0.15, 0.2) is 5.78 Å². The molecule has 0 unspecified atom stereocenters. The van der Waals surface area contributed by atoms with Crippen molar-refractivity contribution in [3.63, 3.8) is 0 Å². The van der Waals surface area contributed by atoms with Crippen molar-refractivity contribution in [3.05, 3.63) is 11.8 Å². The van der Waals surface area contributed by atoms with E-state index in [1.807, 2.05) is 13.8 Å². The van der Waals surface area contributed by atoms with Gasteiger partial charge in [0.1, 0.15) is 0 Å². The second kappa shape index (κ2) is 4.79. The Hall–Kier alpha value is -1.32. The Morgan fingerprint density at radius 3 is 2.57 bits per heavy atom. The van der Waals surface area contributed by atoms with Gasteiger partial charge in [-0.1, -0.05) is 21.3 Å². The van der Waals surface area contributed by atoms with Gasteiger partial charge in [0.2, 0.25) is 5.88 Å². The maximum atomic E-state index is 11.6. The highest BCUT2D eigenvalue weighted by atomic mass is 16.5. The fraction of sp³-hybridized carbons (Fsp3) is 0.600. The lowest BCUT2D eigenvalue weighted by Gasteiger charge is -2.02. The standard InChI is InChI=1S/C9H14N2O2.CH4/c1-6(2)8(12)7-5-11(3)10-9(7)13-4;/h5-6H,1-4H3;1H4. The van der Waals surface area contributed by atoms with E-state index in [1.54, 1.807) is 17.9 Å². The van der Waals surface area contributed by atoms with Crippen molar-refractivity contribution in [2.45, 2.75) is 21.3 Å². The van der Waals surface area contributed by atoms with Crippen LogP contribution in [-0.2, 0) is 7.05 Å². The minimum Gasteiger partial charge on any atom is -0.479 e. The molecule has 0 N–H and O–H groups in total. The zero-order valence-corrected chi connectivity index (χ0v) is 8.37. The van der Waals surface area contributed by atoms with Crippen LogP contribution >= 0.6 is 0 Å². The van der Waals surface area contributed by atoms with Crippen LogP contribution in [0.25, 0.3) is 0 Å². The van der Waals surface area contributed by atoms with Crippen LogP contribution in [0.15, 0.2) is 6.20 Å². The maximum absolute atomic E-state index is 11.6. The fourth-order valence-corrected chi connectivity index (χ4v) is 1.10. The molecule has 14 heavy (non-hydrogen) atoms. The molecule has 0 atom stereocenters. The third-order valence-corrected chi connectivity index (χ3v) is 1.78. The topological polar surface area (TPSA) is 44.1 Å². The van der Waals surface area contributed by atoms with Crippen LogP contribution in [0, 0.1) is 5.92 Å². The van der Waals surface area contributed by atoms with Crippen LogP contribution in [0.5, 0.6) is 5.88 Å². The van der Waals surface area contributed by atoms with Crippen LogP contribution in [-0.4, -0.2) is 22.7 Å². The number of carbonyl (C=O) groups is 1. The van der Waals surface area contributed by atoms with E-state index in [0.29, 0.717) is 11.4 Å². The molecular weight excluding hydrogens is 180 g/mol. The zero-order valence-electron chi connectivity index (χ0n) is 8.37. The summed E-state index contributed by atoms with van der Waals surface area (Å²) in [6.45, 7) is 3.71. The molecule has 1 aromatic heterocycles. The first-order valence-electron chi connectivity index (χ1n) is 4.18. The molecule has 0 saturated heterocycles. The van der Waals surface area contributed by atoms with E-state index in [0.717, 1.165) is 0 Å². The number of methoxy groups -OCH3 is 1. The molecule has 80 valence electrons. The lowest BCUT2D eigenvalue weighted by atomic mass is 10.0. The summed E-state index contributed by atoms with van der Waals surface area (Å²) >= 11 is 0. The Morgan fingerprint density at radius 1 is 1.57 bits per heavy atom. The van der Waals surface area contributed by atoms with Crippen LogP contribution < -0.4 is 4.74 Å². The number of nitrogens with zero attached hydrogens (tertiary/aromatic N) is 2. The second-order valence-electron chi connectivity index (χ2n) is 3.24. The SMILES string of the molecule is C.COc1nn(C)cc1C(=O)C(C)C. The summed E-state index contributed by atoms with van der Waals surface area (Å²) in [5.41, 5.74) is 0.556. The number of carbonyl (C=O) groups excluding carboxylic acids is 1. The third kappa shape index (κ3) is 2.34. The summed E-state index contributed by atoms with van der Waals surface area (Å²) in [5, 5.41) is 4.01. The summed E-state index contributed by atoms with van der Waals surface area (Å²) in [7, 11) is 3.28. The van der Waals surface area contributed by atoms with Crippen LogP contribution in [0.2, 0.25) is 0 Å². The van der Waals surface area contributed by atoms with E-state index in [1.165, 1.54) is 7.11 Å². The molecule has 0 aromatic carbocycles. The van der Waals surface area contributed by atoms with E-state index in [2.05, 4.69) is 5.10 Å². The largest absolute Gasteiger partial charge is 0.479 e. The summed E-state index contributed by atoms with van der Waals surface area (Å²) in [4.78, 5) is 11.6. The third-order valence-electron chi connectivity index (χ3n) is 1.78. The molecule has 0 aliphatic heterocycles. The lowest BCUT2D eigenvalue weighted by molar-refractivity contribution is 0.0936. The normalized spacial score (nSPS) is 9.79. The number of aromatic nitrogens is 2. The Bertz CT molecular complexity index is 316. The quantitative estimate of drug-likeness (QED) is 0.697. The number of Topliss-reactive ketones (excluding diaryl/α,β-unsaturated/α-hetero) is 1. The van der Waals surface area contributed by atoms with Gasteiger partial charge in [-0.25, -0.2) is 0 Å². The van der Waals surface area contributed by atoms with Gasteiger partial charge >= 0.3 is 0 Å². The minimum absolute atomic E-state index is 0. The van der Waals surface area contributed by atoms with Crippen molar-refractivity contribution in [1.82, 2.24) is 9.78 Å². The molecule has 0 bridgehead atoms. The highest BCUT2D eigenvalue weighted by Crippen LogP contribution is 2.18. The van der Waals surface area contributed by atoms with E-state index >= 15 is 0 Å². The number of hydrogen-bond donors (Lipinski definition) is 0. The monoisotopic (exact) mass is 198 g/mol. The average Bonchev–Trinajstić information content (AvgIpc) is 2.45. The number of ether oxygens (including phenoxy) is 1. The van der Waals surface area contributed by atoms with Gasteiger partial charge in [-0.15, -0.1) is 5.10 Å². The Morgan fingerprint density at radius 2 is 2.14 bits per heavy atom. The highest BCUT2D eigenvalue weighted by Gasteiger charge is 2.18. The van der Waals surface area contributed by atoms with Crippen LogP contribution in [0.4, 0.5) is 0 Å². The first-order chi connectivity index (χ1) is 6.06. The summed E-state index contributed by atoms with van der Waals surface area (Å²) in [5.74, 6) is 0.434.